The van der Waals surface area contributed by atoms with Crippen molar-refractivity contribution < 1.29 is 13.3 Å². The Balaban J connectivity index is 1.32. The highest BCUT2D eigenvalue weighted by Gasteiger charge is 2.25. The lowest BCUT2D eigenvalue weighted by atomic mass is 9.91. The molecule has 9 rings (SSSR count). The van der Waals surface area contributed by atoms with Crippen molar-refractivity contribution in [2.45, 2.75) is 53.2 Å². The van der Waals surface area contributed by atoms with E-state index in [4.69, 9.17) is 18.2 Å². The van der Waals surface area contributed by atoms with Crippen molar-refractivity contribution in [2.24, 2.45) is 0 Å². The van der Waals surface area contributed by atoms with Gasteiger partial charge in [0.05, 0.1) is 28.0 Å². The van der Waals surface area contributed by atoms with Crippen LogP contribution in [0, 0.1) is 13.7 Å². The number of imidazole rings is 1. The number of nitrogens with zero attached hydrogens (tertiary/aromatic N) is 3. The molecule has 0 aliphatic rings. The Morgan fingerprint density at radius 1 is 0.517 bits per heavy atom. The van der Waals surface area contributed by atoms with Gasteiger partial charge in [0.25, 0.3) is 0 Å². The largest absolute Gasteiger partial charge is 0.507 e. The molecule has 4 heteroatoms. The van der Waals surface area contributed by atoms with Crippen molar-refractivity contribution in [3.05, 3.63) is 192 Å². The number of benzene rings is 7. The van der Waals surface area contributed by atoms with Gasteiger partial charge in [0, 0.05) is 31.1 Å². The van der Waals surface area contributed by atoms with Crippen LogP contribution in [0.2, 0.25) is 0 Å². The molecule has 0 bridgehead atoms. The number of phenols is 1. The predicted molar refractivity (Wildman–Crippen MR) is 251 cm³/mol. The van der Waals surface area contributed by atoms with E-state index in [-0.39, 0.29) is 28.7 Å². The van der Waals surface area contributed by atoms with Gasteiger partial charge in [0.1, 0.15) is 11.6 Å². The molecule has 0 spiro atoms. The van der Waals surface area contributed by atoms with E-state index >= 15 is 0 Å². The second kappa shape index (κ2) is 16.0. The SMILES string of the molecule is [2H]C([2H])([2H])c1ccc(-c2ccnc(-c3cc(-c4ccccc4)cc(-c4cccc5c4nc(-c4cc(C(C)C)cc(C(C)C)c4O)n5-c4ccc(C([2H])([2H])[2H])cc4-c4ccccc4)c3)c2)cc1. The molecule has 0 unspecified atom stereocenters. The van der Waals surface area contributed by atoms with E-state index < -0.39 is 13.7 Å². The maximum Gasteiger partial charge on any atom is 0.149 e. The van der Waals surface area contributed by atoms with Crippen LogP contribution in [0.4, 0.5) is 0 Å². The fraction of sp³-hybridized carbons (Fsp3) is 0.143. The van der Waals surface area contributed by atoms with Crippen molar-refractivity contribution in [3.63, 3.8) is 0 Å². The quantitative estimate of drug-likeness (QED) is 0.159. The number of hydrogen-bond acceptors (Lipinski definition) is 3. The molecular weight excluding hydrogens is 731 g/mol. The van der Waals surface area contributed by atoms with Crippen molar-refractivity contribution in [2.75, 3.05) is 0 Å². The van der Waals surface area contributed by atoms with Crippen LogP contribution in [-0.2, 0) is 0 Å². The molecule has 0 aliphatic heterocycles. The average Bonchev–Trinajstić information content (AvgIpc) is 3.70. The highest BCUT2D eigenvalue weighted by Crippen LogP contribution is 2.44. The predicted octanol–water partition coefficient (Wildman–Crippen LogP) is 15.0. The van der Waals surface area contributed by atoms with Crippen LogP contribution in [0.25, 0.3) is 83.9 Å². The Morgan fingerprint density at radius 2 is 1.20 bits per heavy atom. The molecule has 294 valence electrons. The van der Waals surface area contributed by atoms with Crippen LogP contribution < -0.4 is 0 Å². The molecule has 60 heavy (non-hydrogen) atoms. The molecule has 9 aromatic rings. The van der Waals surface area contributed by atoms with Crippen molar-refractivity contribution >= 4 is 11.0 Å². The number of phenolic OH excluding ortho intramolecular Hbond substituents is 1. The van der Waals surface area contributed by atoms with E-state index in [1.807, 2.05) is 97.1 Å². The molecule has 7 aromatic carbocycles. The smallest absolute Gasteiger partial charge is 0.149 e. The van der Waals surface area contributed by atoms with Crippen LogP contribution in [0.1, 0.15) is 70.0 Å². The minimum absolute atomic E-state index is 0.0223. The zero-order chi connectivity index (χ0) is 46.5. The fourth-order valence-electron chi connectivity index (χ4n) is 8.12. The first-order valence-corrected chi connectivity index (χ1v) is 20.4. The normalized spacial score (nSPS) is 13.4. The standard InChI is InChI=1S/C56H49N3O/c1-35(2)43-32-48(36(3)4)55(60)50(33-43)56-58-54-47(18-13-19-53(54)59(56)52-25-22-38(6)28-49(52)41-16-11-8-12-17-41)45-29-44(39-14-9-7-10-15-39)30-46(31-45)51-34-42(26-27-57-51)40-23-20-37(5)21-24-40/h7-36,60H,1-6H3/i5D3,6D3. The van der Waals surface area contributed by atoms with Gasteiger partial charge in [-0.25, -0.2) is 4.98 Å². The number of aromatic hydroxyl groups is 1. The van der Waals surface area contributed by atoms with E-state index in [0.717, 1.165) is 72.5 Å². The fourth-order valence-corrected chi connectivity index (χ4v) is 8.12. The summed E-state index contributed by atoms with van der Waals surface area (Å²) >= 11 is 0. The highest BCUT2D eigenvalue weighted by molar-refractivity contribution is 5.98. The third-order valence-electron chi connectivity index (χ3n) is 11.3. The molecule has 0 saturated carbocycles. The number of rotatable bonds is 9. The van der Waals surface area contributed by atoms with Gasteiger partial charge >= 0.3 is 0 Å². The minimum atomic E-state index is -2.34. The van der Waals surface area contributed by atoms with E-state index in [0.29, 0.717) is 22.5 Å². The van der Waals surface area contributed by atoms with E-state index in [1.165, 1.54) is 0 Å². The lowest BCUT2D eigenvalue weighted by Crippen LogP contribution is -2.03. The molecular formula is C56H49N3O. The molecule has 0 atom stereocenters. The third-order valence-corrected chi connectivity index (χ3v) is 11.3. The second-order valence-corrected chi connectivity index (χ2v) is 16.0. The summed E-state index contributed by atoms with van der Waals surface area (Å²) in [4.78, 5) is 10.4. The Bertz CT molecular complexity index is 3230. The van der Waals surface area contributed by atoms with Crippen molar-refractivity contribution in [1.82, 2.24) is 14.5 Å². The number of aryl methyl sites for hydroxylation is 2. The molecule has 0 aliphatic carbocycles. The van der Waals surface area contributed by atoms with Gasteiger partial charge in [-0.3, -0.25) is 9.55 Å². The Morgan fingerprint density at radius 3 is 1.92 bits per heavy atom. The highest BCUT2D eigenvalue weighted by atomic mass is 16.3. The topological polar surface area (TPSA) is 50.9 Å². The molecule has 0 amide bonds. The second-order valence-electron chi connectivity index (χ2n) is 16.0. The molecule has 2 heterocycles. The van der Waals surface area contributed by atoms with Gasteiger partial charge in [-0.2, -0.15) is 0 Å². The number of pyridine rings is 1. The monoisotopic (exact) mass is 785 g/mol. The summed E-state index contributed by atoms with van der Waals surface area (Å²) in [6, 6.07) is 52.8. The lowest BCUT2D eigenvalue weighted by Gasteiger charge is -2.19. The Hall–Kier alpha value is -7.04. The first-order valence-electron chi connectivity index (χ1n) is 23.4. The van der Waals surface area contributed by atoms with E-state index in [2.05, 4.69) is 74.7 Å². The first-order chi connectivity index (χ1) is 31.5. The van der Waals surface area contributed by atoms with Gasteiger partial charge in [0.2, 0.25) is 0 Å². The summed E-state index contributed by atoms with van der Waals surface area (Å²) in [5.74, 6) is 0.860. The summed E-state index contributed by atoms with van der Waals surface area (Å²) in [5.41, 5.74) is 13.8. The number of para-hydroxylation sites is 1. The molecule has 0 radical (unpaired) electrons. The zero-order valence-electron chi connectivity index (χ0n) is 40.1. The van der Waals surface area contributed by atoms with Crippen LogP contribution in [0.3, 0.4) is 0 Å². The van der Waals surface area contributed by atoms with Gasteiger partial charge in [-0.05, 0) is 125 Å². The van der Waals surface area contributed by atoms with Crippen molar-refractivity contribution in [3.8, 4) is 78.6 Å². The Kier molecular flexibility index (Phi) is 8.48. The van der Waals surface area contributed by atoms with Crippen LogP contribution in [0.5, 0.6) is 5.75 Å². The molecule has 0 saturated heterocycles. The average molecular weight is 786 g/mol. The summed E-state index contributed by atoms with van der Waals surface area (Å²) < 4.78 is 50.7. The zero-order valence-corrected chi connectivity index (χ0v) is 34.1. The Labute approximate surface area is 362 Å². The van der Waals surface area contributed by atoms with Gasteiger partial charge in [-0.15, -0.1) is 0 Å². The van der Waals surface area contributed by atoms with Crippen molar-refractivity contribution in [1.29, 1.82) is 0 Å². The van der Waals surface area contributed by atoms with Crippen LogP contribution in [0.15, 0.2) is 170 Å². The van der Waals surface area contributed by atoms with E-state index in [1.54, 1.807) is 30.5 Å². The van der Waals surface area contributed by atoms with E-state index in [9.17, 15) is 5.11 Å². The maximum atomic E-state index is 12.3. The molecule has 4 nitrogen and oxygen atoms in total. The van der Waals surface area contributed by atoms with Crippen LogP contribution >= 0.6 is 0 Å². The lowest BCUT2D eigenvalue weighted by molar-refractivity contribution is 0.466. The summed E-state index contributed by atoms with van der Waals surface area (Å²) in [6.45, 7) is 3.89. The minimum Gasteiger partial charge on any atom is -0.507 e. The van der Waals surface area contributed by atoms with Gasteiger partial charge < -0.3 is 5.11 Å². The summed E-state index contributed by atoms with van der Waals surface area (Å²) in [5, 5.41) is 12.3. The number of hydrogen-bond donors (Lipinski definition) is 1. The maximum absolute atomic E-state index is 12.3. The molecule has 1 N–H and O–H groups in total. The summed E-state index contributed by atoms with van der Waals surface area (Å²) in [6.07, 6.45) is 1.77. The number of aromatic nitrogens is 3. The van der Waals surface area contributed by atoms with Gasteiger partial charge in [0.15, 0.2) is 0 Å². The van der Waals surface area contributed by atoms with Gasteiger partial charge in [-0.1, -0.05) is 148 Å². The van der Waals surface area contributed by atoms with Crippen LogP contribution in [-0.4, -0.2) is 19.6 Å². The molecule has 2 aromatic heterocycles. The first kappa shape index (κ1) is 31.9. The summed E-state index contributed by atoms with van der Waals surface area (Å²) in [7, 11) is 0. The molecule has 0 fully saturated rings. The third kappa shape index (κ3) is 7.30. The number of fused-ring (bicyclic) bond motifs is 1.